The Labute approximate surface area is 160 Å². The third-order valence-electron chi connectivity index (χ3n) is 5.41. The lowest BCUT2D eigenvalue weighted by atomic mass is 10.0. The predicted octanol–water partition coefficient (Wildman–Crippen LogP) is 3.00. The van der Waals surface area contributed by atoms with E-state index in [1.54, 1.807) is 14.2 Å². The zero-order chi connectivity index (χ0) is 18.6. The quantitative estimate of drug-likeness (QED) is 0.761. The van der Waals surface area contributed by atoms with Gasteiger partial charge in [0.25, 0.3) is 0 Å². The van der Waals surface area contributed by atoms with Crippen LogP contribution in [0.1, 0.15) is 37.7 Å². The molecule has 4 rings (SSSR count). The van der Waals surface area contributed by atoms with Gasteiger partial charge in [-0.25, -0.2) is 0 Å². The van der Waals surface area contributed by atoms with Crippen molar-refractivity contribution in [1.29, 1.82) is 0 Å². The van der Waals surface area contributed by atoms with Gasteiger partial charge in [0, 0.05) is 24.9 Å². The van der Waals surface area contributed by atoms with Crippen molar-refractivity contribution in [3.05, 3.63) is 11.6 Å². The Bertz CT molecular complexity index is 698. The third-order valence-corrected chi connectivity index (χ3v) is 5.41. The standard InChI is InChI=1S/C20H28N2O5/c1-23-17-10-14(18(24-2)20-19(17)25-13-26-20)9-16-11-15(21-27-16)12-22-7-5-3-4-6-8-22/h10,16H,3-9,11-13H2,1-2H3. The van der Waals surface area contributed by atoms with Crippen molar-refractivity contribution in [1.82, 2.24) is 4.90 Å². The molecule has 1 saturated heterocycles. The van der Waals surface area contributed by atoms with Crippen molar-refractivity contribution < 1.29 is 23.8 Å². The van der Waals surface area contributed by atoms with E-state index >= 15 is 0 Å². The van der Waals surface area contributed by atoms with Gasteiger partial charge in [0.2, 0.25) is 18.3 Å². The fourth-order valence-corrected chi connectivity index (χ4v) is 4.08. The molecule has 1 aromatic rings. The highest BCUT2D eigenvalue weighted by Crippen LogP contribution is 2.49. The van der Waals surface area contributed by atoms with E-state index in [2.05, 4.69) is 10.1 Å². The molecule has 1 fully saturated rings. The largest absolute Gasteiger partial charge is 0.493 e. The van der Waals surface area contributed by atoms with Gasteiger partial charge in [0.1, 0.15) is 6.10 Å². The van der Waals surface area contributed by atoms with Crippen LogP contribution in [0.4, 0.5) is 0 Å². The van der Waals surface area contributed by atoms with Crippen LogP contribution in [-0.2, 0) is 11.3 Å². The highest BCUT2D eigenvalue weighted by molar-refractivity contribution is 5.87. The van der Waals surface area contributed by atoms with E-state index in [-0.39, 0.29) is 12.9 Å². The zero-order valence-electron chi connectivity index (χ0n) is 16.2. The van der Waals surface area contributed by atoms with Crippen LogP contribution in [0.25, 0.3) is 0 Å². The second-order valence-corrected chi connectivity index (χ2v) is 7.32. The Morgan fingerprint density at radius 1 is 1.07 bits per heavy atom. The summed E-state index contributed by atoms with van der Waals surface area (Å²) >= 11 is 0. The Balaban J connectivity index is 1.42. The number of nitrogens with zero attached hydrogens (tertiary/aromatic N) is 2. The topological polar surface area (TPSA) is 61.8 Å². The molecule has 7 nitrogen and oxygen atoms in total. The SMILES string of the molecule is COc1cc(CC2CC(CN3CCCCCC3)=NO2)c(OC)c2c1OCO2. The van der Waals surface area contributed by atoms with Gasteiger partial charge >= 0.3 is 0 Å². The smallest absolute Gasteiger partial charge is 0.231 e. The van der Waals surface area contributed by atoms with E-state index in [9.17, 15) is 0 Å². The van der Waals surface area contributed by atoms with E-state index in [4.69, 9.17) is 23.8 Å². The molecule has 0 aromatic heterocycles. The van der Waals surface area contributed by atoms with Crippen LogP contribution in [0.2, 0.25) is 0 Å². The summed E-state index contributed by atoms with van der Waals surface area (Å²) in [5, 5.41) is 4.36. The minimum Gasteiger partial charge on any atom is -0.493 e. The molecule has 0 saturated carbocycles. The molecule has 0 amide bonds. The molecule has 3 aliphatic rings. The van der Waals surface area contributed by atoms with Gasteiger partial charge in [-0.05, 0) is 32.0 Å². The molecule has 0 radical (unpaired) electrons. The summed E-state index contributed by atoms with van der Waals surface area (Å²) in [5.74, 6) is 2.55. The predicted molar refractivity (Wildman–Crippen MR) is 101 cm³/mol. The molecular weight excluding hydrogens is 348 g/mol. The van der Waals surface area contributed by atoms with Gasteiger partial charge in [-0.15, -0.1) is 0 Å². The average Bonchev–Trinajstić information content (AvgIpc) is 3.26. The molecule has 0 aliphatic carbocycles. The number of methoxy groups -OCH3 is 2. The Hall–Kier alpha value is -2.15. The van der Waals surface area contributed by atoms with Gasteiger partial charge in [-0.2, -0.15) is 0 Å². The van der Waals surface area contributed by atoms with Crippen LogP contribution in [0.5, 0.6) is 23.0 Å². The molecule has 7 heteroatoms. The van der Waals surface area contributed by atoms with Gasteiger partial charge in [0.15, 0.2) is 11.5 Å². The lowest BCUT2D eigenvalue weighted by Crippen LogP contribution is -2.30. The number of hydrogen-bond acceptors (Lipinski definition) is 7. The van der Waals surface area contributed by atoms with Crippen molar-refractivity contribution in [2.75, 3.05) is 40.6 Å². The first-order chi connectivity index (χ1) is 13.3. The molecule has 1 unspecified atom stereocenters. The number of rotatable bonds is 6. The number of hydrogen-bond donors (Lipinski definition) is 0. The van der Waals surface area contributed by atoms with Crippen LogP contribution in [0.15, 0.2) is 11.2 Å². The van der Waals surface area contributed by atoms with Crippen LogP contribution in [-0.4, -0.2) is 57.4 Å². The fraction of sp³-hybridized carbons (Fsp3) is 0.650. The van der Waals surface area contributed by atoms with Crippen LogP contribution in [0.3, 0.4) is 0 Å². The second-order valence-electron chi connectivity index (χ2n) is 7.32. The third kappa shape index (κ3) is 3.93. The summed E-state index contributed by atoms with van der Waals surface area (Å²) < 4.78 is 22.2. The number of fused-ring (bicyclic) bond motifs is 1. The summed E-state index contributed by atoms with van der Waals surface area (Å²) in [6, 6.07) is 1.95. The molecule has 1 aromatic carbocycles. The number of ether oxygens (including phenoxy) is 4. The highest BCUT2D eigenvalue weighted by Gasteiger charge is 2.30. The minimum atomic E-state index is 0.00551. The first-order valence-electron chi connectivity index (χ1n) is 9.76. The van der Waals surface area contributed by atoms with Gasteiger partial charge < -0.3 is 23.8 Å². The maximum absolute atomic E-state index is 5.73. The molecule has 1 atom stereocenters. The molecule has 0 spiro atoms. The van der Waals surface area contributed by atoms with Crippen molar-refractivity contribution in [2.45, 2.75) is 44.6 Å². The van der Waals surface area contributed by atoms with Crippen LogP contribution < -0.4 is 18.9 Å². The molecular formula is C20H28N2O5. The van der Waals surface area contributed by atoms with Crippen LogP contribution >= 0.6 is 0 Å². The maximum atomic E-state index is 5.73. The Kier molecular flexibility index (Phi) is 5.57. The summed E-state index contributed by atoms with van der Waals surface area (Å²) in [4.78, 5) is 8.23. The van der Waals surface area contributed by atoms with E-state index < -0.39 is 0 Å². The second kappa shape index (κ2) is 8.25. The molecule has 27 heavy (non-hydrogen) atoms. The molecule has 3 heterocycles. The molecule has 0 N–H and O–H groups in total. The summed E-state index contributed by atoms with van der Waals surface area (Å²) in [7, 11) is 3.27. The first-order valence-corrected chi connectivity index (χ1v) is 9.76. The van der Waals surface area contributed by atoms with E-state index in [1.165, 1.54) is 25.7 Å². The molecule has 3 aliphatic heterocycles. The number of likely N-dealkylation sites (tertiary alicyclic amines) is 1. The van der Waals surface area contributed by atoms with Crippen molar-refractivity contribution in [2.24, 2.45) is 5.16 Å². The Morgan fingerprint density at radius 3 is 2.59 bits per heavy atom. The van der Waals surface area contributed by atoms with E-state index in [0.29, 0.717) is 29.4 Å². The lowest BCUT2D eigenvalue weighted by Gasteiger charge is -2.19. The van der Waals surface area contributed by atoms with E-state index in [1.807, 2.05) is 6.07 Å². The highest BCUT2D eigenvalue weighted by atomic mass is 16.7. The maximum Gasteiger partial charge on any atom is 0.231 e. The first kappa shape index (κ1) is 18.2. The van der Waals surface area contributed by atoms with Gasteiger partial charge in [-0.1, -0.05) is 18.0 Å². The van der Waals surface area contributed by atoms with Gasteiger partial charge in [-0.3, -0.25) is 4.90 Å². The lowest BCUT2D eigenvalue weighted by molar-refractivity contribution is 0.0852. The number of benzene rings is 1. The summed E-state index contributed by atoms with van der Waals surface area (Å²) in [6.07, 6.45) is 6.78. The van der Waals surface area contributed by atoms with Gasteiger partial charge in [0.05, 0.1) is 19.9 Å². The zero-order valence-corrected chi connectivity index (χ0v) is 16.2. The van der Waals surface area contributed by atoms with E-state index in [0.717, 1.165) is 37.3 Å². The summed E-state index contributed by atoms with van der Waals surface area (Å²) in [6.45, 7) is 3.42. The molecule has 0 bridgehead atoms. The Morgan fingerprint density at radius 2 is 1.85 bits per heavy atom. The van der Waals surface area contributed by atoms with Crippen LogP contribution in [0, 0.1) is 0 Å². The monoisotopic (exact) mass is 376 g/mol. The van der Waals surface area contributed by atoms with Crippen molar-refractivity contribution in [3.8, 4) is 23.0 Å². The number of oxime groups is 1. The molecule has 148 valence electrons. The van der Waals surface area contributed by atoms with Crippen molar-refractivity contribution in [3.63, 3.8) is 0 Å². The fourth-order valence-electron chi connectivity index (χ4n) is 4.08. The average molecular weight is 376 g/mol. The van der Waals surface area contributed by atoms with Crippen molar-refractivity contribution >= 4 is 5.71 Å². The minimum absolute atomic E-state index is 0.00551. The summed E-state index contributed by atoms with van der Waals surface area (Å²) in [5.41, 5.74) is 2.11. The normalized spacial score (nSPS) is 22.1.